The van der Waals surface area contributed by atoms with Gasteiger partial charge in [-0.1, -0.05) is 53.7 Å². The Morgan fingerprint density at radius 2 is 1.35 bits per heavy atom. The van der Waals surface area contributed by atoms with Crippen LogP contribution in [0.3, 0.4) is 0 Å². The van der Waals surface area contributed by atoms with Crippen LogP contribution >= 0.6 is 0 Å². The molecule has 0 rings (SSSR count). The maximum Gasteiger partial charge on any atom is 0.200 e. The fourth-order valence-corrected chi connectivity index (χ4v) is 9.59. The van der Waals surface area contributed by atoms with Gasteiger partial charge in [-0.15, -0.1) is 13.2 Å². The number of aliphatic hydroxyl groups excluding tert-OH is 2. The van der Waals surface area contributed by atoms with E-state index in [2.05, 4.69) is 54.7 Å². The molecule has 136 valence electrons. The first kappa shape index (κ1) is 22.6. The van der Waals surface area contributed by atoms with Crippen LogP contribution in [0.1, 0.15) is 54.4 Å². The van der Waals surface area contributed by atoms with Crippen molar-refractivity contribution in [1.82, 2.24) is 0 Å². The fraction of sp³-hybridized carbons (Fsp3) is 0.789. The van der Waals surface area contributed by atoms with Gasteiger partial charge in [0.2, 0.25) is 8.32 Å². The van der Waals surface area contributed by atoms with E-state index in [1.807, 2.05) is 6.08 Å². The molecule has 0 aliphatic rings. The highest BCUT2D eigenvalue weighted by molar-refractivity contribution is 6.77. The standard InChI is InChI=1S/C19H38O3Si/c1-9-11-18(21)17(13-20)19(12-10-2)22-23(14(3)4,15(5)6)16(7)8/h9-10,14-21H,1-2,11-13H2,3-8H3/t17-,18-,19+/m0/s1. The molecule has 0 saturated carbocycles. The van der Waals surface area contributed by atoms with Crippen molar-refractivity contribution in [3.63, 3.8) is 0 Å². The maximum absolute atomic E-state index is 10.4. The fourth-order valence-electron chi connectivity index (χ4n) is 3.98. The van der Waals surface area contributed by atoms with Gasteiger partial charge in [-0.3, -0.25) is 0 Å². The normalized spacial score (nSPS) is 16.7. The molecule has 0 aliphatic carbocycles. The molecule has 4 heteroatoms. The van der Waals surface area contributed by atoms with Crippen molar-refractivity contribution in [3.05, 3.63) is 25.3 Å². The van der Waals surface area contributed by atoms with Crippen LogP contribution in [0.25, 0.3) is 0 Å². The van der Waals surface area contributed by atoms with Gasteiger partial charge in [0.25, 0.3) is 0 Å². The van der Waals surface area contributed by atoms with Crippen LogP contribution in [0.5, 0.6) is 0 Å². The number of hydrogen-bond acceptors (Lipinski definition) is 3. The van der Waals surface area contributed by atoms with E-state index in [1.54, 1.807) is 6.08 Å². The van der Waals surface area contributed by atoms with E-state index in [9.17, 15) is 10.2 Å². The monoisotopic (exact) mass is 342 g/mol. The molecule has 0 fully saturated rings. The third kappa shape index (κ3) is 5.56. The molecular formula is C19H38O3Si. The molecular weight excluding hydrogens is 304 g/mol. The second kappa shape index (κ2) is 10.4. The van der Waals surface area contributed by atoms with Crippen LogP contribution in [-0.2, 0) is 4.43 Å². The van der Waals surface area contributed by atoms with Crippen LogP contribution in [0.2, 0.25) is 16.6 Å². The molecule has 3 atom stereocenters. The second-order valence-corrected chi connectivity index (χ2v) is 12.8. The highest BCUT2D eigenvalue weighted by Gasteiger charge is 2.47. The summed E-state index contributed by atoms with van der Waals surface area (Å²) in [5.74, 6) is -0.311. The summed E-state index contributed by atoms with van der Waals surface area (Å²) in [7, 11) is -2.07. The molecule has 23 heavy (non-hydrogen) atoms. The molecule has 0 aromatic heterocycles. The van der Waals surface area contributed by atoms with Gasteiger partial charge < -0.3 is 14.6 Å². The summed E-state index contributed by atoms with van der Waals surface area (Å²) in [5.41, 5.74) is 1.39. The van der Waals surface area contributed by atoms with Crippen molar-refractivity contribution in [3.8, 4) is 0 Å². The van der Waals surface area contributed by atoms with Crippen molar-refractivity contribution in [1.29, 1.82) is 0 Å². The van der Waals surface area contributed by atoms with Crippen molar-refractivity contribution in [2.45, 2.75) is 83.2 Å². The lowest BCUT2D eigenvalue weighted by Crippen LogP contribution is -2.53. The molecule has 0 radical (unpaired) electrons. The first-order valence-corrected chi connectivity index (χ1v) is 11.0. The molecule has 0 saturated heterocycles. The van der Waals surface area contributed by atoms with Gasteiger partial charge >= 0.3 is 0 Å². The van der Waals surface area contributed by atoms with Crippen molar-refractivity contribution < 1.29 is 14.6 Å². The van der Waals surface area contributed by atoms with E-state index in [0.717, 1.165) is 0 Å². The topological polar surface area (TPSA) is 49.7 Å². The van der Waals surface area contributed by atoms with E-state index >= 15 is 0 Å². The quantitative estimate of drug-likeness (QED) is 0.400. The SMILES string of the molecule is C=CC[C@H](O)[C@H](CO)[C@@H](CC=C)O[Si](C(C)C)(C(C)C)C(C)C. The van der Waals surface area contributed by atoms with E-state index < -0.39 is 14.4 Å². The molecule has 3 nitrogen and oxygen atoms in total. The highest BCUT2D eigenvalue weighted by atomic mass is 28.4. The van der Waals surface area contributed by atoms with Crippen molar-refractivity contribution in [2.24, 2.45) is 5.92 Å². The molecule has 0 aliphatic heterocycles. The van der Waals surface area contributed by atoms with Gasteiger partial charge in [0.1, 0.15) is 0 Å². The summed E-state index contributed by atoms with van der Waals surface area (Å²) < 4.78 is 6.80. The van der Waals surface area contributed by atoms with Gasteiger partial charge in [0, 0.05) is 5.92 Å². The Balaban J connectivity index is 5.65. The molecule has 0 bridgehead atoms. The molecule has 0 heterocycles. The Kier molecular flexibility index (Phi) is 10.3. The molecule has 0 spiro atoms. The summed E-state index contributed by atoms with van der Waals surface area (Å²) in [6.45, 7) is 20.9. The zero-order valence-electron chi connectivity index (χ0n) is 16.0. The predicted octanol–water partition coefficient (Wildman–Crippen LogP) is 4.67. The highest BCUT2D eigenvalue weighted by Crippen LogP contribution is 2.44. The molecule has 0 aromatic carbocycles. The van der Waals surface area contributed by atoms with E-state index in [1.165, 1.54) is 0 Å². The van der Waals surface area contributed by atoms with Crippen LogP contribution in [0.4, 0.5) is 0 Å². The first-order chi connectivity index (χ1) is 10.7. The van der Waals surface area contributed by atoms with Gasteiger partial charge in [-0.2, -0.15) is 0 Å². The Morgan fingerprint density at radius 3 is 1.65 bits per heavy atom. The summed E-state index contributed by atoms with van der Waals surface area (Å²) in [6.07, 6.45) is 3.78. The van der Waals surface area contributed by atoms with E-state index in [0.29, 0.717) is 29.5 Å². The lowest BCUT2D eigenvalue weighted by atomic mass is 9.92. The zero-order chi connectivity index (χ0) is 18.2. The molecule has 0 unspecified atom stereocenters. The largest absolute Gasteiger partial charge is 0.412 e. The van der Waals surface area contributed by atoms with Crippen molar-refractivity contribution >= 4 is 8.32 Å². The minimum Gasteiger partial charge on any atom is -0.412 e. The average Bonchev–Trinajstić information content (AvgIpc) is 2.44. The number of aliphatic hydroxyl groups is 2. The average molecular weight is 343 g/mol. The van der Waals surface area contributed by atoms with Gasteiger partial charge in [0.15, 0.2) is 0 Å². The Labute approximate surface area is 144 Å². The summed E-state index contributed by atoms with van der Waals surface area (Å²) in [5, 5.41) is 20.2. The summed E-state index contributed by atoms with van der Waals surface area (Å²) >= 11 is 0. The number of rotatable bonds is 12. The summed E-state index contributed by atoms with van der Waals surface area (Å²) in [4.78, 5) is 0. The van der Waals surface area contributed by atoms with Crippen LogP contribution < -0.4 is 0 Å². The lowest BCUT2D eigenvalue weighted by Gasteiger charge is -2.46. The van der Waals surface area contributed by atoms with Crippen LogP contribution in [0, 0.1) is 5.92 Å². The van der Waals surface area contributed by atoms with Crippen LogP contribution in [0.15, 0.2) is 25.3 Å². The maximum atomic E-state index is 10.4. The molecule has 0 aromatic rings. The molecule has 2 N–H and O–H groups in total. The third-order valence-electron chi connectivity index (χ3n) is 5.05. The van der Waals surface area contributed by atoms with Crippen LogP contribution in [-0.4, -0.2) is 37.3 Å². The van der Waals surface area contributed by atoms with Gasteiger partial charge in [-0.25, -0.2) is 0 Å². The summed E-state index contributed by atoms with van der Waals surface area (Å²) in [6, 6.07) is 0. The van der Waals surface area contributed by atoms with Crippen molar-refractivity contribution in [2.75, 3.05) is 6.61 Å². The molecule has 0 amide bonds. The van der Waals surface area contributed by atoms with E-state index in [-0.39, 0.29) is 18.6 Å². The Bertz CT molecular complexity index is 331. The Morgan fingerprint density at radius 1 is 0.913 bits per heavy atom. The zero-order valence-corrected chi connectivity index (χ0v) is 17.0. The van der Waals surface area contributed by atoms with Gasteiger partial charge in [0.05, 0.1) is 18.8 Å². The van der Waals surface area contributed by atoms with E-state index in [4.69, 9.17) is 4.43 Å². The number of hydrogen-bond donors (Lipinski definition) is 2. The minimum absolute atomic E-state index is 0.0910. The third-order valence-corrected chi connectivity index (χ3v) is 11.2. The smallest absolute Gasteiger partial charge is 0.200 e. The predicted molar refractivity (Wildman–Crippen MR) is 102 cm³/mol. The Hall–Kier alpha value is -0.423. The van der Waals surface area contributed by atoms with Gasteiger partial charge in [-0.05, 0) is 29.5 Å². The lowest BCUT2D eigenvalue weighted by molar-refractivity contribution is -0.00922. The second-order valence-electron chi connectivity index (χ2n) is 7.44. The first-order valence-electron chi connectivity index (χ1n) is 8.87. The minimum atomic E-state index is -2.07.